The Hall–Kier alpha value is -3.62. The summed E-state index contributed by atoms with van der Waals surface area (Å²) in [4.78, 5) is 28.7. The Balaban J connectivity index is 1.72. The molecule has 0 fully saturated rings. The summed E-state index contributed by atoms with van der Waals surface area (Å²) >= 11 is 0. The molecule has 4 rings (SSSR count). The third kappa shape index (κ3) is 3.22. The third-order valence-corrected chi connectivity index (χ3v) is 4.23. The largest absolute Gasteiger partial charge is 0.465 e. The molecular weight excluding hydrogens is 366 g/mol. The van der Waals surface area contributed by atoms with E-state index in [0.29, 0.717) is 33.8 Å². The van der Waals surface area contributed by atoms with Gasteiger partial charge >= 0.3 is 5.97 Å². The quantitative estimate of drug-likeness (QED) is 0.668. The Morgan fingerprint density at radius 3 is 2.86 bits per heavy atom. The maximum absolute atomic E-state index is 12.7. The summed E-state index contributed by atoms with van der Waals surface area (Å²) < 4.78 is 20.8. The molecule has 0 saturated carbocycles. The lowest BCUT2D eigenvalue weighted by molar-refractivity contribution is -0.141. The average Bonchev–Trinajstić information content (AvgIpc) is 3.31. The lowest BCUT2D eigenvalue weighted by Crippen LogP contribution is -2.30. The first-order valence-corrected chi connectivity index (χ1v) is 8.67. The van der Waals surface area contributed by atoms with Gasteiger partial charge in [0.1, 0.15) is 6.54 Å². The molecule has 0 saturated heterocycles. The Bertz CT molecular complexity index is 1070. The molecule has 0 unspecified atom stereocenters. The highest BCUT2D eigenvalue weighted by Crippen LogP contribution is 2.36. The SMILES string of the molecule is CCOC(=O)CNC(=O)c1cc(-c2ccc3c(c2)OCO3)nc2onc(C)c12. The molecule has 3 heterocycles. The molecule has 1 aliphatic rings. The number of pyridine rings is 1. The lowest BCUT2D eigenvalue weighted by atomic mass is 10.0. The van der Waals surface area contributed by atoms with E-state index in [0.717, 1.165) is 5.56 Å². The predicted octanol–water partition coefficient (Wildman–Crippen LogP) is 2.22. The minimum absolute atomic E-state index is 0.161. The van der Waals surface area contributed by atoms with Crippen molar-refractivity contribution in [1.29, 1.82) is 0 Å². The number of nitrogens with zero attached hydrogens (tertiary/aromatic N) is 2. The van der Waals surface area contributed by atoms with Crippen LogP contribution in [-0.4, -0.2) is 42.0 Å². The molecule has 0 bridgehead atoms. The molecule has 144 valence electrons. The molecule has 0 atom stereocenters. The average molecular weight is 383 g/mol. The first-order chi connectivity index (χ1) is 13.6. The van der Waals surface area contributed by atoms with Crippen molar-refractivity contribution in [3.63, 3.8) is 0 Å². The molecule has 1 aromatic carbocycles. The Morgan fingerprint density at radius 2 is 2.04 bits per heavy atom. The topological polar surface area (TPSA) is 113 Å². The number of amides is 1. The number of aromatic nitrogens is 2. The van der Waals surface area contributed by atoms with Crippen molar-refractivity contribution >= 4 is 23.0 Å². The van der Waals surface area contributed by atoms with Crippen LogP contribution in [0.2, 0.25) is 0 Å². The van der Waals surface area contributed by atoms with Gasteiger partial charge in [0.2, 0.25) is 6.79 Å². The molecule has 1 N–H and O–H groups in total. The Labute approximate surface area is 159 Å². The second kappa shape index (κ2) is 7.18. The summed E-state index contributed by atoms with van der Waals surface area (Å²) in [5.41, 5.74) is 2.29. The summed E-state index contributed by atoms with van der Waals surface area (Å²) in [6, 6.07) is 6.99. The number of hydrogen-bond donors (Lipinski definition) is 1. The van der Waals surface area contributed by atoms with Crippen molar-refractivity contribution in [2.45, 2.75) is 13.8 Å². The fraction of sp³-hybridized carbons (Fsp3) is 0.263. The van der Waals surface area contributed by atoms with Gasteiger partial charge in [-0.1, -0.05) is 5.16 Å². The van der Waals surface area contributed by atoms with E-state index in [9.17, 15) is 9.59 Å². The molecule has 0 aliphatic carbocycles. The second-order valence-corrected chi connectivity index (χ2v) is 6.06. The van der Waals surface area contributed by atoms with Crippen LogP contribution in [0.1, 0.15) is 23.0 Å². The van der Waals surface area contributed by atoms with Gasteiger partial charge in [0, 0.05) is 5.56 Å². The van der Waals surface area contributed by atoms with Gasteiger partial charge in [-0.15, -0.1) is 0 Å². The van der Waals surface area contributed by atoms with Crippen LogP contribution in [-0.2, 0) is 9.53 Å². The molecule has 1 amide bonds. The number of carbonyl (C=O) groups excluding carboxylic acids is 2. The Morgan fingerprint density at radius 1 is 1.21 bits per heavy atom. The first-order valence-electron chi connectivity index (χ1n) is 8.67. The number of esters is 1. The van der Waals surface area contributed by atoms with Crippen molar-refractivity contribution < 1.29 is 28.3 Å². The molecule has 3 aromatic rings. The van der Waals surface area contributed by atoms with Gasteiger partial charge in [-0.3, -0.25) is 9.59 Å². The zero-order chi connectivity index (χ0) is 19.7. The molecule has 1 aliphatic heterocycles. The van der Waals surface area contributed by atoms with Gasteiger partial charge in [-0.05, 0) is 38.1 Å². The van der Waals surface area contributed by atoms with Gasteiger partial charge in [0.15, 0.2) is 11.5 Å². The van der Waals surface area contributed by atoms with E-state index in [2.05, 4.69) is 15.5 Å². The van der Waals surface area contributed by atoms with E-state index in [-0.39, 0.29) is 25.7 Å². The van der Waals surface area contributed by atoms with Gasteiger partial charge in [-0.25, -0.2) is 4.98 Å². The van der Waals surface area contributed by atoms with E-state index in [1.165, 1.54) is 0 Å². The highest BCUT2D eigenvalue weighted by Gasteiger charge is 2.21. The number of ether oxygens (including phenoxy) is 3. The normalized spacial score (nSPS) is 12.2. The van der Waals surface area contributed by atoms with Gasteiger partial charge < -0.3 is 24.1 Å². The number of aryl methyl sites for hydroxylation is 1. The molecule has 0 radical (unpaired) electrons. The number of rotatable bonds is 5. The first kappa shape index (κ1) is 17.8. The van der Waals surface area contributed by atoms with Crippen LogP contribution in [0.15, 0.2) is 28.8 Å². The Kier molecular flexibility index (Phi) is 4.56. The predicted molar refractivity (Wildman–Crippen MR) is 97.1 cm³/mol. The molecule has 9 heteroatoms. The third-order valence-electron chi connectivity index (χ3n) is 4.23. The summed E-state index contributed by atoms with van der Waals surface area (Å²) in [5.74, 6) is 0.280. The number of nitrogens with one attached hydrogen (secondary N) is 1. The maximum atomic E-state index is 12.7. The minimum atomic E-state index is -0.515. The van der Waals surface area contributed by atoms with Crippen molar-refractivity contribution in [3.05, 3.63) is 35.5 Å². The van der Waals surface area contributed by atoms with Crippen LogP contribution in [0.3, 0.4) is 0 Å². The zero-order valence-corrected chi connectivity index (χ0v) is 15.3. The summed E-state index contributed by atoms with van der Waals surface area (Å²) in [5, 5.41) is 6.95. The van der Waals surface area contributed by atoms with E-state index >= 15 is 0 Å². The zero-order valence-electron chi connectivity index (χ0n) is 15.3. The number of carbonyl (C=O) groups is 2. The number of benzene rings is 1. The fourth-order valence-electron chi connectivity index (χ4n) is 2.94. The van der Waals surface area contributed by atoms with E-state index in [4.69, 9.17) is 18.7 Å². The molecular formula is C19H17N3O6. The van der Waals surface area contributed by atoms with Crippen molar-refractivity contribution in [2.75, 3.05) is 19.9 Å². The van der Waals surface area contributed by atoms with Gasteiger partial charge in [-0.2, -0.15) is 0 Å². The van der Waals surface area contributed by atoms with Crippen LogP contribution in [0.4, 0.5) is 0 Å². The number of hydrogen-bond acceptors (Lipinski definition) is 8. The standard InChI is InChI=1S/C19H17N3O6/c1-3-25-16(23)8-20-18(24)12-7-13(21-19-17(12)10(2)22-28-19)11-4-5-14-15(6-11)27-9-26-14/h4-7H,3,8-9H2,1-2H3,(H,20,24). The van der Waals surface area contributed by atoms with Crippen LogP contribution in [0.25, 0.3) is 22.4 Å². The number of fused-ring (bicyclic) bond motifs is 2. The summed E-state index contributed by atoms with van der Waals surface area (Å²) in [7, 11) is 0. The van der Waals surface area contributed by atoms with Gasteiger partial charge in [0.25, 0.3) is 11.6 Å². The fourth-order valence-corrected chi connectivity index (χ4v) is 2.94. The van der Waals surface area contributed by atoms with E-state index in [1.807, 2.05) is 6.07 Å². The molecule has 9 nitrogen and oxygen atoms in total. The summed E-state index contributed by atoms with van der Waals surface area (Å²) in [6.07, 6.45) is 0. The van der Waals surface area contributed by atoms with Crippen LogP contribution in [0.5, 0.6) is 11.5 Å². The van der Waals surface area contributed by atoms with Crippen LogP contribution in [0, 0.1) is 6.92 Å². The van der Waals surface area contributed by atoms with E-state index < -0.39 is 11.9 Å². The minimum Gasteiger partial charge on any atom is -0.465 e. The molecule has 2 aromatic heterocycles. The molecule has 0 spiro atoms. The maximum Gasteiger partial charge on any atom is 0.325 e. The lowest BCUT2D eigenvalue weighted by Gasteiger charge is -2.08. The van der Waals surface area contributed by atoms with Crippen LogP contribution >= 0.6 is 0 Å². The molecule has 28 heavy (non-hydrogen) atoms. The smallest absolute Gasteiger partial charge is 0.325 e. The van der Waals surface area contributed by atoms with E-state index in [1.54, 1.807) is 32.0 Å². The monoisotopic (exact) mass is 383 g/mol. The van der Waals surface area contributed by atoms with Crippen molar-refractivity contribution in [2.24, 2.45) is 0 Å². The highest BCUT2D eigenvalue weighted by atomic mass is 16.7. The van der Waals surface area contributed by atoms with Crippen LogP contribution < -0.4 is 14.8 Å². The van der Waals surface area contributed by atoms with Gasteiger partial charge in [0.05, 0.1) is 28.9 Å². The second-order valence-electron chi connectivity index (χ2n) is 6.06. The van der Waals surface area contributed by atoms with Crippen molar-refractivity contribution in [3.8, 4) is 22.8 Å². The van der Waals surface area contributed by atoms with Crippen molar-refractivity contribution in [1.82, 2.24) is 15.5 Å². The summed E-state index contributed by atoms with van der Waals surface area (Å²) in [6.45, 7) is 3.58. The highest BCUT2D eigenvalue weighted by molar-refractivity contribution is 6.07.